The third-order valence-electron chi connectivity index (χ3n) is 4.18. The van der Waals surface area contributed by atoms with E-state index in [2.05, 4.69) is 5.32 Å². The predicted molar refractivity (Wildman–Crippen MR) is 71.3 cm³/mol. The van der Waals surface area contributed by atoms with Gasteiger partial charge in [0.2, 0.25) is 0 Å². The fourth-order valence-electron chi connectivity index (χ4n) is 2.77. The van der Waals surface area contributed by atoms with Gasteiger partial charge in [0.05, 0.1) is 37.5 Å². The van der Waals surface area contributed by atoms with Crippen molar-refractivity contribution < 1.29 is 35.4 Å². The zero-order valence-corrected chi connectivity index (χ0v) is 11.7. The molecule has 7 N–H and O–H groups in total. The van der Waals surface area contributed by atoms with Crippen LogP contribution in [-0.4, -0.2) is 92.6 Å². The number of aliphatic hydroxyl groups is 6. The number of hydrogen-bond acceptors (Lipinski definition) is 8. The molecule has 0 amide bonds. The van der Waals surface area contributed by atoms with Gasteiger partial charge in [-0.25, -0.2) is 0 Å². The Kier molecular flexibility index (Phi) is 5.33. The maximum atomic E-state index is 10.0. The molecule has 1 saturated heterocycles. The van der Waals surface area contributed by atoms with Gasteiger partial charge in [-0.1, -0.05) is 6.08 Å². The zero-order valence-electron chi connectivity index (χ0n) is 11.7. The van der Waals surface area contributed by atoms with E-state index in [0.717, 1.165) is 0 Å². The van der Waals surface area contributed by atoms with Crippen molar-refractivity contribution in [1.82, 2.24) is 5.32 Å². The van der Waals surface area contributed by atoms with E-state index in [1.165, 1.54) is 6.08 Å². The van der Waals surface area contributed by atoms with Crippen LogP contribution in [0.4, 0.5) is 0 Å². The van der Waals surface area contributed by atoms with Crippen molar-refractivity contribution in [3.63, 3.8) is 0 Å². The van der Waals surface area contributed by atoms with E-state index in [-0.39, 0.29) is 12.2 Å². The molecule has 1 heterocycles. The molecule has 21 heavy (non-hydrogen) atoms. The van der Waals surface area contributed by atoms with Crippen LogP contribution in [0.3, 0.4) is 0 Å². The average Bonchev–Trinajstić information content (AvgIpc) is 2.47. The molecule has 8 atom stereocenters. The Morgan fingerprint density at radius 2 is 1.81 bits per heavy atom. The molecular formula is C13H23NO7. The maximum absolute atomic E-state index is 10.0. The van der Waals surface area contributed by atoms with Crippen LogP contribution in [0, 0.1) is 0 Å². The molecule has 1 aliphatic heterocycles. The summed E-state index contributed by atoms with van der Waals surface area (Å²) in [4.78, 5) is 0. The monoisotopic (exact) mass is 305 g/mol. The van der Waals surface area contributed by atoms with Crippen LogP contribution in [-0.2, 0) is 4.74 Å². The molecule has 8 nitrogen and oxygen atoms in total. The predicted octanol–water partition coefficient (Wildman–Crippen LogP) is -3.53. The van der Waals surface area contributed by atoms with E-state index < -0.39 is 55.3 Å². The number of nitrogens with one attached hydrogen (secondary N) is 1. The van der Waals surface area contributed by atoms with E-state index in [1.54, 1.807) is 6.92 Å². The van der Waals surface area contributed by atoms with Crippen LogP contribution in [0.1, 0.15) is 6.92 Å². The summed E-state index contributed by atoms with van der Waals surface area (Å²) in [6, 6.07) is -1.45. The minimum absolute atomic E-state index is 0.0206. The van der Waals surface area contributed by atoms with Gasteiger partial charge in [0.15, 0.2) is 0 Å². The van der Waals surface area contributed by atoms with E-state index in [0.29, 0.717) is 0 Å². The van der Waals surface area contributed by atoms with Gasteiger partial charge in [0, 0.05) is 0 Å². The second-order valence-electron chi connectivity index (χ2n) is 5.64. The largest absolute Gasteiger partial charge is 0.392 e. The first-order valence-electron chi connectivity index (χ1n) is 6.96. The lowest BCUT2D eigenvalue weighted by molar-refractivity contribution is -0.141. The van der Waals surface area contributed by atoms with Gasteiger partial charge in [0.1, 0.15) is 24.4 Å². The van der Waals surface area contributed by atoms with Gasteiger partial charge >= 0.3 is 0 Å². The molecule has 0 bridgehead atoms. The van der Waals surface area contributed by atoms with Crippen LogP contribution in [0.15, 0.2) is 11.6 Å². The lowest BCUT2D eigenvalue weighted by Gasteiger charge is -2.42. The first-order chi connectivity index (χ1) is 9.86. The van der Waals surface area contributed by atoms with Crippen LogP contribution in [0.25, 0.3) is 0 Å². The van der Waals surface area contributed by atoms with Crippen molar-refractivity contribution in [2.24, 2.45) is 0 Å². The Morgan fingerprint density at radius 3 is 2.43 bits per heavy atom. The van der Waals surface area contributed by atoms with Gasteiger partial charge in [-0.05, 0) is 12.5 Å². The first-order valence-corrected chi connectivity index (χ1v) is 6.96. The Balaban J connectivity index is 2.15. The third-order valence-corrected chi connectivity index (χ3v) is 4.18. The lowest BCUT2D eigenvalue weighted by Crippen LogP contribution is -2.64. The summed E-state index contributed by atoms with van der Waals surface area (Å²) in [6.07, 6.45) is -5.22. The van der Waals surface area contributed by atoms with E-state index >= 15 is 0 Å². The number of ether oxygens (including phenoxy) is 1. The molecule has 0 aromatic carbocycles. The smallest absolute Gasteiger partial charge is 0.111 e. The summed E-state index contributed by atoms with van der Waals surface area (Å²) in [5.41, 5.74) is 0.185. The van der Waals surface area contributed by atoms with Crippen molar-refractivity contribution in [2.75, 3.05) is 13.2 Å². The SMILES string of the molecule is C[C@H]1OC[C@H](O)[C@@H](O)[C@@H]1N[C@H]1C=C(CO)[C@@H](O)[C@H](O)[C@H]1O. The van der Waals surface area contributed by atoms with Crippen LogP contribution in [0.5, 0.6) is 0 Å². The lowest BCUT2D eigenvalue weighted by atomic mass is 9.86. The molecule has 0 unspecified atom stereocenters. The second kappa shape index (κ2) is 6.67. The second-order valence-corrected chi connectivity index (χ2v) is 5.64. The van der Waals surface area contributed by atoms with E-state index in [1.807, 2.05) is 0 Å². The minimum atomic E-state index is -1.45. The van der Waals surface area contributed by atoms with Gasteiger partial charge in [-0.3, -0.25) is 0 Å². The summed E-state index contributed by atoms with van der Waals surface area (Å²) in [6.45, 7) is 1.28. The topological polar surface area (TPSA) is 143 Å². The van der Waals surface area contributed by atoms with Crippen LogP contribution in [0.2, 0.25) is 0 Å². The Bertz CT molecular complexity index is 391. The van der Waals surface area contributed by atoms with Gasteiger partial charge in [-0.15, -0.1) is 0 Å². The summed E-state index contributed by atoms with van der Waals surface area (Å²) < 4.78 is 5.31. The van der Waals surface area contributed by atoms with Crippen molar-refractivity contribution in [3.8, 4) is 0 Å². The molecule has 2 aliphatic rings. The van der Waals surface area contributed by atoms with Crippen LogP contribution < -0.4 is 5.32 Å². The number of aliphatic hydroxyl groups excluding tert-OH is 6. The Morgan fingerprint density at radius 1 is 1.14 bits per heavy atom. The molecule has 0 radical (unpaired) electrons. The van der Waals surface area contributed by atoms with Crippen molar-refractivity contribution in [2.45, 2.75) is 55.6 Å². The first kappa shape index (κ1) is 16.8. The average molecular weight is 305 g/mol. The fourth-order valence-corrected chi connectivity index (χ4v) is 2.77. The molecule has 122 valence electrons. The number of hydrogen-bond donors (Lipinski definition) is 7. The molecule has 0 aromatic heterocycles. The summed E-state index contributed by atoms with van der Waals surface area (Å²) in [7, 11) is 0. The maximum Gasteiger partial charge on any atom is 0.111 e. The van der Waals surface area contributed by atoms with Crippen molar-refractivity contribution >= 4 is 0 Å². The molecule has 2 rings (SSSR count). The van der Waals surface area contributed by atoms with E-state index in [9.17, 15) is 30.6 Å². The highest BCUT2D eigenvalue weighted by molar-refractivity contribution is 5.22. The van der Waals surface area contributed by atoms with E-state index in [4.69, 9.17) is 4.74 Å². The van der Waals surface area contributed by atoms with Crippen molar-refractivity contribution in [1.29, 1.82) is 0 Å². The fraction of sp³-hybridized carbons (Fsp3) is 0.846. The van der Waals surface area contributed by atoms with Gasteiger partial charge < -0.3 is 40.7 Å². The van der Waals surface area contributed by atoms with Gasteiger partial charge in [-0.2, -0.15) is 0 Å². The highest BCUT2D eigenvalue weighted by Crippen LogP contribution is 2.23. The van der Waals surface area contributed by atoms with Gasteiger partial charge in [0.25, 0.3) is 0 Å². The van der Waals surface area contributed by atoms with Crippen molar-refractivity contribution in [3.05, 3.63) is 11.6 Å². The highest BCUT2D eigenvalue weighted by Gasteiger charge is 2.42. The highest BCUT2D eigenvalue weighted by atomic mass is 16.5. The molecule has 0 spiro atoms. The molecule has 0 saturated carbocycles. The molecule has 1 fully saturated rings. The number of rotatable bonds is 3. The summed E-state index contributed by atoms with van der Waals surface area (Å²) in [5.74, 6) is 0. The minimum Gasteiger partial charge on any atom is -0.392 e. The summed E-state index contributed by atoms with van der Waals surface area (Å²) in [5, 5.41) is 61.2. The quantitative estimate of drug-likeness (QED) is 0.266. The normalized spacial score (nSPS) is 48.0. The molecular weight excluding hydrogens is 282 g/mol. The third kappa shape index (κ3) is 3.27. The zero-order chi connectivity index (χ0) is 15.7. The molecule has 8 heteroatoms. The standard InChI is InChI=1S/C13H23NO7/c1-5-9(12(19)8(16)4-21-5)14-7-2-6(3-15)10(17)13(20)11(7)18/h2,5,7-20H,3-4H2,1H3/t5-,7+,8+,9-,10-,11+,12-,13+/m1/s1. The Labute approximate surface area is 122 Å². The Hall–Kier alpha value is -0.580. The molecule has 0 aromatic rings. The molecule has 1 aliphatic carbocycles. The van der Waals surface area contributed by atoms with Crippen LogP contribution >= 0.6 is 0 Å². The summed E-state index contributed by atoms with van der Waals surface area (Å²) >= 11 is 0.